The lowest BCUT2D eigenvalue weighted by Crippen LogP contribution is -2.00. The maximum atomic E-state index is 10.5. The second kappa shape index (κ2) is 6.70. The van der Waals surface area contributed by atoms with E-state index in [1.165, 1.54) is 0 Å². The molecule has 4 heteroatoms. The van der Waals surface area contributed by atoms with Crippen LogP contribution in [0.25, 0.3) is 0 Å². The molecule has 0 saturated carbocycles. The van der Waals surface area contributed by atoms with Gasteiger partial charge in [0.1, 0.15) is 12.4 Å². The van der Waals surface area contributed by atoms with Crippen LogP contribution in [-0.4, -0.2) is 29.4 Å². The van der Waals surface area contributed by atoms with E-state index in [0.717, 1.165) is 11.1 Å². The van der Waals surface area contributed by atoms with Crippen molar-refractivity contribution >= 4 is 5.97 Å². The van der Waals surface area contributed by atoms with Crippen molar-refractivity contribution in [3.8, 4) is 5.75 Å². The second-order valence-electron chi connectivity index (χ2n) is 3.73. The topological polar surface area (TPSA) is 66.8 Å². The van der Waals surface area contributed by atoms with Crippen LogP contribution in [0.1, 0.15) is 12.5 Å². The molecule has 0 atom stereocenters. The fraction of sp³-hybridized carbons (Fsp3) is 0.308. The Hall–Kier alpha value is -1.81. The maximum absolute atomic E-state index is 10.5. The molecule has 0 aliphatic carbocycles. The molecule has 0 unspecified atom stereocenters. The molecule has 0 aliphatic heterocycles. The molecule has 1 rings (SSSR count). The Labute approximate surface area is 100 Å². The summed E-state index contributed by atoms with van der Waals surface area (Å²) in [5, 5.41) is 17.4. The summed E-state index contributed by atoms with van der Waals surface area (Å²) in [6.07, 6.45) is 1.81. The first kappa shape index (κ1) is 13.3. The molecular weight excluding hydrogens is 220 g/mol. The minimum atomic E-state index is -0.847. The molecule has 17 heavy (non-hydrogen) atoms. The zero-order valence-corrected chi connectivity index (χ0v) is 9.72. The molecule has 0 aliphatic rings. The molecule has 0 amide bonds. The Morgan fingerprint density at radius 2 is 2.00 bits per heavy atom. The van der Waals surface area contributed by atoms with Gasteiger partial charge in [-0.05, 0) is 36.3 Å². The van der Waals surface area contributed by atoms with Crippen molar-refractivity contribution in [3.05, 3.63) is 41.5 Å². The molecule has 0 aromatic heterocycles. The average Bonchev–Trinajstić information content (AvgIpc) is 2.30. The zero-order chi connectivity index (χ0) is 12.7. The van der Waals surface area contributed by atoms with Gasteiger partial charge in [-0.2, -0.15) is 0 Å². The van der Waals surface area contributed by atoms with Crippen molar-refractivity contribution in [2.75, 3.05) is 13.2 Å². The molecule has 92 valence electrons. The number of hydrogen-bond acceptors (Lipinski definition) is 3. The van der Waals surface area contributed by atoms with Crippen LogP contribution in [0.3, 0.4) is 0 Å². The Morgan fingerprint density at radius 1 is 1.35 bits per heavy atom. The largest absolute Gasteiger partial charge is 0.490 e. The van der Waals surface area contributed by atoms with Crippen LogP contribution < -0.4 is 4.74 Å². The fourth-order valence-corrected chi connectivity index (χ4v) is 1.22. The lowest BCUT2D eigenvalue weighted by Gasteiger charge is -2.04. The van der Waals surface area contributed by atoms with Crippen LogP contribution in [0, 0.1) is 0 Å². The number of rotatable bonds is 6. The van der Waals surface area contributed by atoms with Crippen LogP contribution in [0.2, 0.25) is 0 Å². The number of aliphatic hydroxyl groups is 1. The van der Waals surface area contributed by atoms with E-state index in [0.29, 0.717) is 12.4 Å². The van der Waals surface area contributed by atoms with Crippen LogP contribution in [0.5, 0.6) is 5.75 Å². The third-order valence-corrected chi connectivity index (χ3v) is 2.21. The van der Waals surface area contributed by atoms with E-state index in [9.17, 15) is 4.79 Å². The number of hydrogen-bond donors (Lipinski definition) is 2. The highest BCUT2D eigenvalue weighted by atomic mass is 16.5. The highest BCUT2D eigenvalue weighted by Crippen LogP contribution is 2.12. The monoisotopic (exact) mass is 236 g/mol. The summed E-state index contributed by atoms with van der Waals surface area (Å²) >= 11 is 0. The van der Waals surface area contributed by atoms with E-state index < -0.39 is 5.97 Å². The van der Waals surface area contributed by atoms with E-state index in [1.54, 1.807) is 30.3 Å². The number of carboxylic acids is 1. The molecular formula is C13H16O4. The smallest absolute Gasteiger partial charge is 0.307 e. The number of benzene rings is 1. The molecule has 0 fully saturated rings. The Kier molecular flexibility index (Phi) is 5.23. The van der Waals surface area contributed by atoms with Gasteiger partial charge in [0.15, 0.2) is 0 Å². The molecule has 0 bridgehead atoms. The van der Waals surface area contributed by atoms with Gasteiger partial charge in [-0.3, -0.25) is 4.79 Å². The minimum absolute atomic E-state index is 0.0177. The van der Waals surface area contributed by atoms with Crippen LogP contribution >= 0.6 is 0 Å². The van der Waals surface area contributed by atoms with Crippen molar-refractivity contribution in [2.45, 2.75) is 13.3 Å². The first-order valence-corrected chi connectivity index (χ1v) is 5.32. The van der Waals surface area contributed by atoms with Crippen molar-refractivity contribution in [2.24, 2.45) is 0 Å². The lowest BCUT2D eigenvalue weighted by molar-refractivity contribution is -0.136. The van der Waals surface area contributed by atoms with Gasteiger partial charge in [0.25, 0.3) is 0 Å². The van der Waals surface area contributed by atoms with Gasteiger partial charge in [0, 0.05) is 0 Å². The molecule has 0 spiro atoms. The van der Waals surface area contributed by atoms with E-state index in [-0.39, 0.29) is 13.0 Å². The predicted molar refractivity (Wildman–Crippen MR) is 64.1 cm³/mol. The normalized spacial score (nSPS) is 11.3. The van der Waals surface area contributed by atoms with Crippen molar-refractivity contribution in [1.29, 1.82) is 0 Å². The van der Waals surface area contributed by atoms with E-state index in [4.69, 9.17) is 14.9 Å². The summed E-state index contributed by atoms with van der Waals surface area (Å²) in [4.78, 5) is 10.5. The van der Waals surface area contributed by atoms with Gasteiger partial charge in [0.05, 0.1) is 13.0 Å². The number of carboxylic acid groups (broad SMARTS) is 1. The van der Waals surface area contributed by atoms with Gasteiger partial charge in [-0.1, -0.05) is 12.1 Å². The number of carbonyl (C=O) groups is 1. The van der Waals surface area contributed by atoms with Gasteiger partial charge < -0.3 is 14.9 Å². The molecule has 0 saturated heterocycles. The number of aliphatic hydroxyl groups excluding tert-OH is 1. The van der Waals surface area contributed by atoms with Crippen LogP contribution in [0.4, 0.5) is 0 Å². The summed E-state index contributed by atoms with van der Waals surface area (Å²) < 4.78 is 5.40. The van der Waals surface area contributed by atoms with Gasteiger partial charge >= 0.3 is 5.97 Å². The summed E-state index contributed by atoms with van der Waals surface area (Å²) in [7, 11) is 0. The summed E-state index contributed by atoms with van der Waals surface area (Å²) in [6.45, 7) is 2.24. The molecule has 4 nitrogen and oxygen atoms in total. The van der Waals surface area contributed by atoms with E-state index in [1.807, 2.05) is 6.92 Å². The average molecular weight is 236 g/mol. The predicted octanol–water partition coefficient (Wildman–Crippen LogP) is 1.63. The van der Waals surface area contributed by atoms with Crippen LogP contribution in [0.15, 0.2) is 35.9 Å². The SMILES string of the molecule is C/C(=C\COc1ccc(CC(=O)O)cc1)CO. The van der Waals surface area contributed by atoms with Gasteiger partial charge in [-0.15, -0.1) is 0 Å². The molecule has 0 radical (unpaired) electrons. The van der Waals surface area contributed by atoms with E-state index >= 15 is 0 Å². The van der Waals surface area contributed by atoms with Crippen molar-refractivity contribution in [1.82, 2.24) is 0 Å². The zero-order valence-electron chi connectivity index (χ0n) is 9.72. The third kappa shape index (κ3) is 5.17. The Balaban J connectivity index is 2.48. The highest BCUT2D eigenvalue weighted by molar-refractivity contribution is 5.70. The standard InChI is InChI=1S/C13H16O4/c1-10(9-14)6-7-17-12-4-2-11(3-5-12)8-13(15)16/h2-6,14H,7-9H2,1H3,(H,15,16)/b10-6+. The Morgan fingerprint density at radius 3 is 2.53 bits per heavy atom. The quantitative estimate of drug-likeness (QED) is 0.737. The number of aliphatic carboxylic acids is 1. The van der Waals surface area contributed by atoms with Gasteiger partial charge in [0.2, 0.25) is 0 Å². The summed E-state index contributed by atoms with van der Waals surface area (Å²) in [5.41, 5.74) is 1.60. The van der Waals surface area contributed by atoms with Crippen molar-refractivity contribution < 1.29 is 19.7 Å². The second-order valence-corrected chi connectivity index (χ2v) is 3.73. The molecule has 2 N–H and O–H groups in total. The maximum Gasteiger partial charge on any atom is 0.307 e. The first-order chi connectivity index (χ1) is 8.11. The van der Waals surface area contributed by atoms with Crippen LogP contribution in [-0.2, 0) is 11.2 Å². The summed E-state index contributed by atoms with van der Waals surface area (Å²) in [5.74, 6) is -0.165. The Bertz CT molecular complexity index is 392. The molecule has 1 aromatic carbocycles. The third-order valence-electron chi connectivity index (χ3n) is 2.21. The molecule has 0 heterocycles. The minimum Gasteiger partial charge on any atom is -0.490 e. The summed E-state index contributed by atoms with van der Waals surface area (Å²) in [6, 6.07) is 6.93. The first-order valence-electron chi connectivity index (χ1n) is 5.32. The fourth-order valence-electron chi connectivity index (χ4n) is 1.22. The molecule has 1 aromatic rings. The van der Waals surface area contributed by atoms with Gasteiger partial charge in [-0.25, -0.2) is 0 Å². The lowest BCUT2D eigenvalue weighted by atomic mass is 10.1. The van der Waals surface area contributed by atoms with E-state index in [2.05, 4.69) is 0 Å². The number of ether oxygens (including phenoxy) is 1. The highest BCUT2D eigenvalue weighted by Gasteiger charge is 2.00. The van der Waals surface area contributed by atoms with Crippen molar-refractivity contribution in [3.63, 3.8) is 0 Å².